The van der Waals surface area contributed by atoms with Crippen molar-refractivity contribution in [2.45, 2.75) is 31.6 Å². The van der Waals surface area contributed by atoms with Crippen LogP contribution in [0.4, 0.5) is 4.79 Å². The van der Waals surface area contributed by atoms with Crippen LogP contribution in [0.15, 0.2) is 0 Å². The minimum absolute atomic E-state index is 0.132. The van der Waals surface area contributed by atoms with Gasteiger partial charge in [0, 0.05) is 6.61 Å². The highest BCUT2D eigenvalue weighted by Gasteiger charge is 2.17. The summed E-state index contributed by atoms with van der Waals surface area (Å²) in [6, 6.07) is -0.590. The molecule has 1 unspecified atom stereocenters. The quantitative estimate of drug-likeness (QED) is 0.613. The Morgan fingerprint density at radius 3 is 2.93 bits per heavy atom. The number of hydrogen-bond acceptors (Lipinski definition) is 4. The molecule has 88 valence electrons. The van der Waals surface area contributed by atoms with Crippen molar-refractivity contribution < 1.29 is 24.5 Å². The van der Waals surface area contributed by atoms with E-state index in [-0.39, 0.29) is 19.5 Å². The van der Waals surface area contributed by atoms with Crippen molar-refractivity contribution in [3.63, 3.8) is 0 Å². The number of rotatable bonds is 5. The Labute approximate surface area is 88.2 Å². The minimum atomic E-state index is -1.16. The summed E-state index contributed by atoms with van der Waals surface area (Å²) in [6.45, 7) is 0.535. The predicted molar refractivity (Wildman–Crippen MR) is 51.6 cm³/mol. The average molecular weight is 219 g/mol. The van der Waals surface area contributed by atoms with E-state index < -0.39 is 12.1 Å². The van der Waals surface area contributed by atoms with E-state index in [1.807, 2.05) is 0 Å². The van der Waals surface area contributed by atoms with E-state index in [0.717, 1.165) is 19.3 Å². The Balaban J connectivity index is 2.17. The topological polar surface area (TPSA) is 88.0 Å². The summed E-state index contributed by atoms with van der Waals surface area (Å²) in [5.41, 5.74) is 0. The van der Waals surface area contributed by atoms with E-state index in [1.165, 1.54) is 0 Å². The molecule has 0 saturated carbocycles. The molecule has 1 fully saturated rings. The molecule has 1 heterocycles. The van der Waals surface area contributed by atoms with Gasteiger partial charge in [0.15, 0.2) is 6.29 Å². The van der Waals surface area contributed by atoms with E-state index in [1.54, 1.807) is 0 Å². The largest absolute Gasteiger partial charge is 0.465 e. The molecule has 0 aromatic rings. The highest BCUT2D eigenvalue weighted by atomic mass is 16.7. The third kappa shape index (κ3) is 4.96. The van der Waals surface area contributed by atoms with Gasteiger partial charge in [-0.2, -0.15) is 0 Å². The van der Waals surface area contributed by atoms with Crippen molar-refractivity contribution in [1.82, 2.24) is 5.32 Å². The predicted octanol–water partition coefficient (Wildman–Crippen LogP) is 0.158. The Kier molecular flexibility index (Phi) is 5.38. The van der Waals surface area contributed by atoms with Gasteiger partial charge >= 0.3 is 6.09 Å². The fourth-order valence-electron chi connectivity index (χ4n) is 1.38. The zero-order valence-electron chi connectivity index (χ0n) is 8.52. The zero-order valence-corrected chi connectivity index (χ0v) is 8.52. The maximum atomic E-state index is 10.3. The molecule has 3 N–H and O–H groups in total. The lowest BCUT2D eigenvalue weighted by molar-refractivity contribution is -0.166. The summed E-state index contributed by atoms with van der Waals surface area (Å²) in [6.07, 6.45) is 1.49. The molecule has 0 aromatic carbocycles. The molecule has 1 aliphatic heterocycles. The van der Waals surface area contributed by atoms with Gasteiger partial charge in [0.1, 0.15) is 0 Å². The van der Waals surface area contributed by atoms with Crippen LogP contribution in [0.2, 0.25) is 0 Å². The molecule has 15 heavy (non-hydrogen) atoms. The molecule has 1 aliphatic rings. The van der Waals surface area contributed by atoms with Crippen molar-refractivity contribution in [2.75, 3.05) is 19.8 Å². The van der Waals surface area contributed by atoms with Crippen molar-refractivity contribution in [3.8, 4) is 0 Å². The number of nitrogens with one attached hydrogen (secondary N) is 1. The van der Waals surface area contributed by atoms with Crippen molar-refractivity contribution in [2.24, 2.45) is 0 Å². The van der Waals surface area contributed by atoms with Crippen LogP contribution in [0.5, 0.6) is 0 Å². The third-order valence-electron chi connectivity index (χ3n) is 2.17. The molecule has 0 bridgehead atoms. The maximum absolute atomic E-state index is 10.3. The molecule has 0 radical (unpaired) electrons. The number of carboxylic acid groups (broad SMARTS) is 1. The van der Waals surface area contributed by atoms with Crippen LogP contribution in [0.3, 0.4) is 0 Å². The molecule has 6 heteroatoms. The van der Waals surface area contributed by atoms with Crippen LogP contribution in [-0.4, -0.2) is 48.5 Å². The Bertz CT molecular complexity index is 193. The average Bonchev–Trinajstić information content (AvgIpc) is 2.25. The lowest BCUT2D eigenvalue weighted by Gasteiger charge is -2.24. The van der Waals surface area contributed by atoms with Gasteiger partial charge in [0.2, 0.25) is 0 Å². The monoisotopic (exact) mass is 219 g/mol. The van der Waals surface area contributed by atoms with Crippen LogP contribution in [-0.2, 0) is 9.47 Å². The fourth-order valence-corrected chi connectivity index (χ4v) is 1.38. The number of amides is 1. The molecule has 1 rings (SSSR count). The van der Waals surface area contributed by atoms with Gasteiger partial charge in [-0.05, 0) is 19.3 Å². The second kappa shape index (κ2) is 6.60. The van der Waals surface area contributed by atoms with Crippen LogP contribution >= 0.6 is 0 Å². The first kappa shape index (κ1) is 12.2. The van der Waals surface area contributed by atoms with Gasteiger partial charge in [0.25, 0.3) is 0 Å². The van der Waals surface area contributed by atoms with Gasteiger partial charge in [-0.3, -0.25) is 0 Å². The molecule has 6 nitrogen and oxygen atoms in total. The smallest absolute Gasteiger partial charge is 0.405 e. The first-order chi connectivity index (χ1) is 7.22. The maximum Gasteiger partial charge on any atom is 0.405 e. The van der Waals surface area contributed by atoms with Crippen LogP contribution in [0.1, 0.15) is 19.3 Å². The third-order valence-corrected chi connectivity index (χ3v) is 2.17. The number of carbonyl (C=O) groups is 1. The summed E-state index contributed by atoms with van der Waals surface area (Å²) < 4.78 is 10.6. The van der Waals surface area contributed by atoms with Crippen molar-refractivity contribution in [3.05, 3.63) is 0 Å². The highest BCUT2D eigenvalue weighted by Crippen LogP contribution is 2.13. The van der Waals surface area contributed by atoms with Crippen molar-refractivity contribution >= 4 is 6.09 Å². The molecule has 0 aliphatic carbocycles. The van der Waals surface area contributed by atoms with Gasteiger partial charge < -0.3 is 25.0 Å². The van der Waals surface area contributed by atoms with Gasteiger partial charge in [-0.25, -0.2) is 4.79 Å². The van der Waals surface area contributed by atoms with Crippen LogP contribution in [0.25, 0.3) is 0 Å². The second-order valence-electron chi connectivity index (χ2n) is 3.46. The normalized spacial score (nSPS) is 23.4. The number of ether oxygens (including phenoxy) is 2. The summed E-state index contributed by atoms with van der Waals surface area (Å²) in [7, 11) is 0. The lowest BCUT2D eigenvalue weighted by Crippen LogP contribution is -2.41. The summed E-state index contributed by atoms with van der Waals surface area (Å²) in [5.74, 6) is 0. The van der Waals surface area contributed by atoms with Gasteiger partial charge in [0.05, 0.1) is 19.3 Å². The standard InChI is InChI=1S/C9H17NO5/c11-5-7(10-9(12)13)6-15-8-3-1-2-4-14-8/h7-8,10-11H,1-6H2,(H,12,13)/t7-,8?/m0/s1. The number of aliphatic hydroxyl groups excluding tert-OH is 1. The summed E-state index contributed by atoms with van der Waals surface area (Å²) in [5, 5.41) is 19.5. The van der Waals surface area contributed by atoms with Crippen LogP contribution < -0.4 is 5.32 Å². The molecule has 0 spiro atoms. The highest BCUT2D eigenvalue weighted by molar-refractivity contribution is 5.64. The Morgan fingerprint density at radius 2 is 2.40 bits per heavy atom. The van der Waals surface area contributed by atoms with Gasteiger partial charge in [-0.1, -0.05) is 0 Å². The van der Waals surface area contributed by atoms with E-state index in [0.29, 0.717) is 6.61 Å². The fraction of sp³-hybridized carbons (Fsp3) is 0.889. The Morgan fingerprint density at radius 1 is 1.60 bits per heavy atom. The SMILES string of the molecule is O=C(O)N[C@@H](CO)COC1CCCCO1. The molecule has 1 amide bonds. The first-order valence-corrected chi connectivity index (χ1v) is 5.06. The second-order valence-corrected chi connectivity index (χ2v) is 3.46. The first-order valence-electron chi connectivity index (χ1n) is 5.06. The van der Waals surface area contributed by atoms with E-state index in [4.69, 9.17) is 19.7 Å². The Hall–Kier alpha value is -0.850. The van der Waals surface area contributed by atoms with E-state index in [2.05, 4.69) is 5.32 Å². The molecular weight excluding hydrogens is 202 g/mol. The summed E-state index contributed by atoms with van der Waals surface area (Å²) >= 11 is 0. The molecule has 1 saturated heterocycles. The molecule has 2 atom stereocenters. The number of hydrogen-bond donors (Lipinski definition) is 3. The van der Waals surface area contributed by atoms with E-state index >= 15 is 0 Å². The summed E-state index contributed by atoms with van der Waals surface area (Å²) in [4.78, 5) is 10.3. The molecule has 0 aromatic heterocycles. The number of aliphatic hydroxyl groups is 1. The lowest BCUT2D eigenvalue weighted by atomic mass is 10.2. The zero-order chi connectivity index (χ0) is 11.1. The minimum Gasteiger partial charge on any atom is -0.465 e. The van der Waals surface area contributed by atoms with E-state index in [9.17, 15) is 4.79 Å². The van der Waals surface area contributed by atoms with Crippen molar-refractivity contribution in [1.29, 1.82) is 0 Å². The van der Waals surface area contributed by atoms with Crippen LogP contribution in [0, 0.1) is 0 Å². The molecular formula is C9H17NO5. The van der Waals surface area contributed by atoms with Gasteiger partial charge in [-0.15, -0.1) is 0 Å².